The molecule has 66 valence electrons. The van der Waals surface area contributed by atoms with E-state index in [-0.39, 0.29) is 12.8 Å². The predicted molar refractivity (Wildman–Crippen MR) is 40.0 cm³/mol. The minimum absolute atomic E-state index is 0.0826. The van der Waals surface area contributed by atoms with E-state index >= 15 is 0 Å². The van der Waals surface area contributed by atoms with Crippen molar-refractivity contribution in [2.45, 2.75) is 38.4 Å². The highest BCUT2D eigenvalue weighted by Gasteiger charge is 2.21. The number of alkyl halides is 1. The fourth-order valence-corrected chi connectivity index (χ4v) is 0.920. The van der Waals surface area contributed by atoms with Gasteiger partial charge in [0.15, 0.2) is 0 Å². The molecule has 0 aliphatic heterocycles. The van der Waals surface area contributed by atoms with Crippen LogP contribution in [-0.2, 0) is 4.79 Å². The van der Waals surface area contributed by atoms with E-state index < -0.39 is 17.7 Å². The zero-order valence-corrected chi connectivity index (χ0v) is 6.80. The molecule has 1 atom stereocenters. The Bertz CT molecular complexity index is 142. The molecule has 4 heteroatoms. The third kappa shape index (κ3) is 7.25. The second kappa shape index (κ2) is 3.67. The molecule has 3 nitrogen and oxygen atoms in total. The number of carboxylic acids is 1. The molecular formula is C7H14FNO2. The largest absolute Gasteiger partial charge is 0.481 e. The van der Waals surface area contributed by atoms with Crippen molar-refractivity contribution in [2.75, 3.05) is 0 Å². The monoisotopic (exact) mass is 162 g/mol. The number of aliphatic carboxylic acids is 1. The summed E-state index contributed by atoms with van der Waals surface area (Å²) in [6.45, 7) is 2.77. The molecule has 0 spiro atoms. The highest BCUT2D eigenvalue weighted by molar-refractivity contribution is 5.67. The van der Waals surface area contributed by atoms with Crippen LogP contribution in [0.3, 0.4) is 0 Å². The van der Waals surface area contributed by atoms with E-state index in [0.717, 1.165) is 0 Å². The van der Waals surface area contributed by atoms with E-state index in [1.54, 1.807) is 0 Å². The molecule has 0 saturated carbocycles. The fourth-order valence-electron chi connectivity index (χ4n) is 0.920. The van der Waals surface area contributed by atoms with Gasteiger partial charge in [-0.05, 0) is 20.3 Å². The van der Waals surface area contributed by atoms with E-state index in [2.05, 4.69) is 0 Å². The summed E-state index contributed by atoms with van der Waals surface area (Å²) < 4.78 is 12.8. The molecule has 0 aliphatic rings. The second-order valence-electron chi connectivity index (χ2n) is 3.28. The normalized spacial score (nSPS) is 14.5. The minimum Gasteiger partial charge on any atom is -0.481 e. The zero-order chi connectivity index (χ0) is 9.07. The lowest BCUT2D eigenvalue weighted by Crippen LogP contribution is -2.31. The van der Waals surface area contributed by atoms with Crippen molar-refractivity contribution in [1.82, 2.24) is 0 Å². The van der Waals surface area contributed by atoms with E-state index in [4.69, 9.17) is 10.8 Å². The molecular weight excluding hydrogens is 148 g/mol. The van der Waals surface area contributed by atoms with Crippen LogP contribution in [0.4, 0.5) is 4.39 Å². The van der Waals surface area contributed by atoms with Crippen molar-refractivity contribution in [3.05, 3.63) is 0 Å². The second-order valence-corrected chi connectivity index (χ2v) is 3.28. The van der Waals surface area contributed by atoms with Crippen LogP contribution in [0.2, 0.25) is 0 Å². The fraction of sp³-hybridized carbons (Fsp3) is 0.857. The Morgan fingerprint density at radius 3 is 2.45 bits per heavy atom. The van der Waals surface area contributed by atoms with E-state index in [9.17, 15) is 9.18 Å². The van der Waals surface area contributed by atoms with Gasteiger partial charge in [-0.2, -0.15) is 0 Å². The summed E-state index contributed by atoms with van der Waals surface area (Å²) in [4.78, 5) is 10.1. The first-order valence-electron chi connectivity index (χ1n) is 3.47. The number of carboxylic acid groups (broad SMARTS) is 1. The highest BCUT2D eigenvalue weighted by Crippen LogP contribution is 2.16. The van der Waals surface area contributed by atoms with Crippen LogP contribution in [0.1, 0.15) is 26.7 Å². The quantitative estimate of drug-likeness (QED) is 0.646. The molecule has 0 unspecified atom stereocenters. The Hall–Kier alpha value is -0.640. The maximum Gasteiger partial charge on any atom is 0.304 e. The van der Waals surface area contributed by atoms with Crippen LogP contribution in [0.5, 0.6) is 0 Å². The van der Waals surface area contributed by atoms with Gasteiger partial charge in [-0.1, -0.05) is 0 Å². The SMILES string of the molecule is CC(C)([18F])C[C@H](N)CC(=O)O. The van der Waals surface area contributed by atoms with Gasteiger partial charge in [0, 0.05) is 6.04 Å². The summed E-state index contributed by atoms with van der Waals surface area (Å²) >= 11 is 0. The zero-order valence-electron chi connectivity index (χ0n) is 6.80. The molecule has 0 fully saturated rings. The van der Waals surface area contributed by atoms with E-state index in [1.165, 1.54) is 13.8 Å². The first kappa shape index (κ1) is 10.4. The summed E-state index contributed by atoms with van der Waals surface area (Å²) in [5.41, 5.74) is 3.96. The van der Waals surface area contributed by atoms with Gasteiger partial charge in [-0.25, -0.2) is 4.39 Å². The van der Waals surface area contributed by atoms with Gasteiger partial charge in [0.1, 0.15) is 5.67 Å². The van der Waals surface area contributed by atoms with Crippen LogP contribution in [0.25, 0.3) is 0 Å². The molecule has 0 aromatic heterocycles. The van der Waals surface area contributed by atoms with Gasteiger partial charge in [-0.3, -0.25) is 4.79 Å². The van der Waals surface area contributed by atoms with Gasteiger partial charge in [0.25, 0.3) is 0 Å². The Kier molecular flexibility index (Phi) is 3.45. The highest BCUT2D eigenvalue weighted by atomic mass is 18.2. The smallest absolute Gasteiger partial charge is 0.304 e. The summed E-state index contributed by atoms with van der Waals surface area (Å²) in [6.07, 6.45) is -0.0906. The Labute approximate surface area is 65.4 Å². The molecule has 0 aliphatic carbocycles. The van der Waals surface area contributed by atoms with Crippen molar-refractivity contribution in [3.63, 3.8) is 0 Å². The minimum atomic E-state index is -1.38. The third-order valence-corrected chi connectivity index (χ3v) is 1.18. The van der Waals surface area contributed by atoms with Crippen LogP contribution in [0, 0.1) is 0 Å². The third-order valence-electron chi connectivity index (χ3n) is 1.18. The lowest BCUT2D eigenvalue weighted by atomic mass is 9.99. The topological polar surface area (TPSA) is 63.3 Å². The van der Waals surface area contributed by atoms with Gasteiger partial charge < -0.3 is 10.8 Å². The number of rotatable bonds is 4. The van der Waals surface area contributed by atoms with Gasteiger partial charge in [-0.15, -0.1) is 0 Å². The molecule has 0 rings (SSSR count). The van der Waals surface area contributed by atoms with Crippen LogP contribution >= 0.6 is 0 Å². The average Bonchev–Trinajstić information content (AvgIpc) is 1.53. The number of hydrogen-bond donors (Lipinski definition) is 2. The van der Waals surface area contributed by atoms with Crippen molar-refractivity contribution in [2.24, 2.45) is 5.73 Å². The van der Waals surface area contributed by atoms with Crippen molar-refractivity contribution >= 4 is 5.97 Å². The van der Waals surface area contributed by atoms with Crippen LogP contribution in [-0.4, -0.2) is 22.8 Å². The number of nitrogens with two attached hydrogens (primary N) is 1. The summed E-state index contributed by atoms with van der Waals surface area (Å²) in [5, 5.41) is 8.28. The van der Waals surface area contributed by atoms with Gasteiger partial charge in [0.05, 0.1) is 6.42 Å². The Balaban J connectivity index is 3.69. The number of hydrogen-bond acceptors (Lipinski definition) is 2. The molecule has 0 aromatic carbocycles. The van der Waals surface area contributed by atoms with Crippen molar-refractivity contribution in [3.8, 4) is 0 Å². The van der Waals surface area contributed by atoms with E-state index in [0.29, 0.717) is 0 Å². The maximum atomic E-state index is 12.8. The molecule has 0 bridgehead atoms. The first-order valence-corrected chi connectivity index (χ1v) is 3.47. The lowest BCUT2D eigenvalue weighted by molar-refractivity contribution is -0.137. The summed E-state index contributed by atoms with van der Waals surface area (Å²) in [6, 6.07) is -0.590. The van der Waals surface area contributed by atoms with Crippen LogP contribution < -0.4 is 5.73 Å². The number of halogens is 1. The molecule has 0 amide bonds. The molecule has 0 radical (unpaired) electrons. The molecule has 3 N–H and O–H groups in total. The standard InChI is InChI=1S/C7H14FNO2/c1-7(2,8)4-5(9)3-6(10)11/h5H,3-4,9H2,1-2H3,(H,10,11)/t5-/m1/s1/i8-1. The molecule has 0 heterocycles. The van der Waals surface area contributed by atoms with Crippen LogP contribution in [0.15, 0.2) is 0 Å². The average molecular weight is 162 g/mol. The Morgan fingerprint density at radius 2 is 2.18 bits per heavy atom. The number of carbonyl (C=O) groups is 1. The van der Waals surface area contributed by atoms with E-state index in [1.807, 2.05) is 0 Å². The molecule has 0 aromatic rings. The van der Waals surface area contributed by atoms with Crippen molar-refractivity contribution in [1.29, 1.82) is 0 Å². The molecule has 0 saturated heterocycles. The maximum absolute atomic E-state index is 12.8. The summed E-state index contributed by atoms with van der Waals surface area (Å²) in [7, 11) is 0. The van der Waals surface area contributed by atoms with Gasteiger partial charge in [0.2, 0.25) is 0 Å². The lowest BCUT2D eigenvalue weighted by Gasteiger charge is -2.17. The summed E-state index contributed by atoms with van der Waals surface area (Å²) in [5.74, 6) is -0.984. The predicted octanol–water partition coefficient (Wildman–Crippen LogP) is 0.927. The Morgan fingerprint density at radius 1 is 1.73 bits per heavy atom. The molecule has 11 heavy (non-hydrogen) atoms. The van der Waals surface area contributed by atoms with Crippen molar-refractivity contribution < 1.29 is 14.3 Å². The first-order chi connectivity index (χ1) is 4.81. The van der Waals surface area contributed by atoms with Gasteiger partial charge >= 0.3 is 5.97 Å².